The fourth-order valence-corrected chi connectivity index (χ4v) is 3.89. The molecule has 33 heavy (non-hydrogen) atoms. The predicted octanol–water partition coefficient (Wildman–Crippen LogP) is 4.48. The normalized spacial score (nSPS) is 12.8. The molecule has 2 aromatic carbocycles. The van der Waals surface area contributed by atoms with Gasteiger partial charge in [0, 0.05) is 12.6 Å². The van der Waals surface area contributed by atoms with Crippen LogP contribution in [0.1, 0.15) is 55.1 Å². The molecule has 0 amide bonds. The van der Waals surface area contributed by atoms with Crippen LogP contribution in [-0.2, 0) is 4.74 Å². The van der Waals surface area contributed by atoms with Crippen LogP contribution in [0, 0.1) is 0 Å². The van der Waals surface area contributed by atoms with Gasteiger partial charge in [0.1, 0.15) is 6.10 Å². The number of hydrogen-bond acceptors (Lipinski definition) is 7. The van der Waals surface area contributed by atoms with Crippen LogP contribution in [0.5, 0.6) is 17.2 Å². The summed E-state index contributed by atoms with van der Waals surface area (Å²) in [7, 11) is 4.54. The highest BCUT2D eigenvalue weighted by Crippen LogP contribution is 2.39. The summed E-state index contributed by atoms with van der Waals surface area (Å²) in [6.45, 7) is 6.07. The summed E-state index contributed by atoms with van der Waals surface area (Å²) in [5, 5.41) is 9.19. The quantitative estimate of drug-likeness (QED) is 0.330. The molecule has 2 aromatic rings. The number of carbonyl (C=O) groups excluding carboxylic acids is 1. The summed E-state index contributed by atoms with van der Waals surface area (Å²) < 4.78 is 22.2. The summed E-state index contributed by atoms with van der Waals surface area (Å²) in [5.41, 5.74) is 1.24. The highest BCUT2D eigenvalue weighted by molar-refractivity contribution is 5.91. The number of methoxy groups -OCH3 is 3. The highest BCUT2D eigenvalue weighted by Gasteiger charge is 2.29. The van der Waals surface area contributed by atoms with Crippen molar-refractivity contribution in [3.63, 3.8) is 0 Å². The average Bonchev–Trinajstić information content (AvgIpc) is 2.85. The van der Waals surface area contributed by atoms with E-state index < -0.39 is 12.1 Å². The zero-order chi connectivity index (χ0) is 24.2. The largest absolute Gasteiger partial charge is 0.493 e. The van der Waals surface area contributed by atoms with Crippen molar-refractivity contribution in [1.29, 1.82) is 0 Å². The van der Waals surface area contributed by atoms with E-state index in [1.807, 2.05) is 30.3 Å². The van der Waals surface area contributed by atoms with Crippen molar-refractivity contribution in [2.45, 2.75) is 45.3 Å². The molecule has 0 radical (unpaired) electrons. The molecule has 0 saturated heterocycles. The van der Waals surface area contributed by atoms with Crippen molar-refractivity contribution in [2.75, 3.05) is 41.0 Å². The third-order valence-electron chi connectivity index (χ3n) is 5.64. The predicted molar refractivity (Wildman–Crippen MR) is 128 cm³/mol. The Labute approximate surface area is 197 Å². The van der Waals surface area contributed by atoms with E-state index >= 15 is 0 Å². The van der Waals surface area contributed by atoms with Gasteiger partial charge in [-0.05, 0) is 57.0 Å². The van der Waals surface area contributed by atoms with Gasteiger partial charge in [-0.2, -0.15) is 0 Å². The maximum absolute atomic E-state index is 13.3. The molecule has 1 N–H and O–H groups in total. The maximum Gasteiger partial charge on any atom is 0.339 e. The molecule has 0 fully saturated rings. The number of aliphatic hydroxyl groups is 1. The second-order valence-corrected chi connectivity index (χ2v) is 7.86. The fourth-order valence-electron chi connectivity index (χ4n) is 3.89. The minimum Gasteiger partial charge on any atom is -0.493 e. The molecule has 0 aromatic heterocycles. The number of esters is 1. The fraction of sp³-hybridized carbons (Fsp3) is 0.500. The molecule has 2 rings (SSSR count). The average molecular weight is 460 g/mol. The minimum atomic E-state index is -0.474. The Bertz CT molecular complexity index is 832. The molecule has 182 valence electrons. The number of unbranched alkanes of at least 4 members (excludes halogenated alkanes) is 1. The Balaban J connectivity index is 2.36. The van der Waals surface area contributed by atoms with Crippen LogP contribution in [-0.4, -0.2) is 63.0 Å². The number of aliphatic hydroxyl groups excluding tert-OH is 1. The maximum atomic E-state index is 13.3. The van der Waals surface area contributed by atoms with Crippen LogP contribution in [0.15, 0.2) is 42.5 Å². The van der Waals surface area contributed by atoms with Crippen molar-refractivity contribution in [3.8, 4) is 17.2 Å². The van der Waals surface area contributed by atoms with Crippen molar-refractivity contribution < 1.29 is 28.8 Å². The van der Waals surface area contributed by atoms with E-state index in [-0.39, 0.29) is 12.6 Å². The summed E-state index contributed by atoms with van der Waals surface area (Å²) in [6.07, 6.45) is 2.13. The van der Waals surface area contributed by atoms with Crippen LogP contribution in [0.2, 0.25) is 0 Å². The Morgan fingerprint density at radius 2 is 1.61 bits per heavy atom. The van der Waals surface area contributed by atoms with Gasteiger partial charge in [0.15, 0.2) is 11.5 Å². The van der Waals surface area contributed by atoms with Gasteiger partial charge >= 0.3 is 5.97 Å². The standard InChI is InChI=1S/C26H37NO6/c1-6-14-27(15-10-11-16-28)19(2)24(20-12-8-7-9-13-20)33-26(29)21-17-22(30-3)25(32-5)23(18-21)31-4/h7-9,12-13,17-19,24,28H,6,10-11,14-16H2,1-5H3. The topological polar surface area (TPSA) is 77.5 Å². The smallest absolute Gasteiger partial charge is 0.339 e. The second-order valence-electron chi connectivity index (χ2n) is 7.86. The molecule has 0 saturated carbocycles. The van der Waals surface area contributed by atoms with Crippen LogP contribution in [0.25, 0.3) is 0 Å². The monoisotopic (exact) mass is 459 g/mol. The van der Waals surface area contributed by atoms with Gasteiger partial charge < -0.3 is 24.1 Å². The van der Waals surface area contributed by atoms with Crippen molar-refractivity contribution >= 4 is 5.97 Å². The number of carbonyl (C=O) groups is 1. The van der Waals surface area contributed by atoms with E-state index in [2.05, 4.69) is 18.7 Å². The molecule has 0 aliphatic carbocycles. The third kappa shape index (κ3) is 7.11. The number of ether oxygens (including phenoxy) is 4. The summed E-state index contributed by atoms with van der Waals surface area (Å²) >= 11 is 0. The van der Waals surface area contributed by atoms with E-state index in [1.165, 1.54) is 21.3 Å². The van der Waals surface area contributed by atoms with Gasteiger partial charge in [-0.15, -0.1) is 0 Å². The second kappa shape index (κ2) is 13.7. The van der Waals surface area contributed by atoms with Crippen LogP contribution in [0.4, 0.5) is 0 Å². The Morgan fingerprint density at radius 1 is 0.970 bits per heavy atom. The molecule has 0 bridgehead atoms. The van der Waals surface area contributed by atoms with Crippen molar-refractivity contribution in [1.82, 2.24) is 4.90 Å². The number of benzene rings is 2. The Morgan fingerprint density at radius 3 is 2.12 bits per heavy atom. The first-order chi connectivity index (χ1) is 16.0. The summed E-state index contributed by atoms with van der Waals surface area (Å²) in [4.78, 5) is 15.6. The first-order valence-electron chi connectivity index (χ1n) is 11.4. The highest BCUT2D eigenvalue weighted by atomic mass is 16.5. The van der Waals surface area contributed by atoms with Crippen molar-refractivity contribution in [3.05, 3.63) is 53.6 Å². The lowest BCUT2D eigenvalue weighted by atomic mass is 10.0. The third-order valence-corrected chi connectivity index (χ3v) is 5.64. The zero-order valence-electron chi connectivity index (χ0n) is 20.4. The molecule has 7 heteroatoms. The van der Waals surface area contributed by atoms with Gasteiger partial charge in [-0.25, -0.2) is 4.79 Å². The Kier molecular flexibility index (Phi) is 11.0. The number of rotatable bonds is 14. The van der Waals surface area contributed by atoms with E-state index in [1.54, 1.807) is 12.1 Å². The van der Waals surface area contributed by atoms with Gasteiger partial charge in [0.05, 0.1) is 26.9 Å². The number of hydrogen-bond donors (Lipinski definition) is 1. The molecule has 0 heterocycles. The van der Waals surface area contributed by atoms with Gasteiger partial charge in [-0.1, -0.05) is 37.3 Å². The SMILES string of the molecule is CCCN(CCCCO)C(C)C(OC(=O)c1cc(OC)c(OC)c(OC)c1)c1ccccc1. The molecule has 7 nitrogen and oxygen atoms in total. The molecular formula is C26H37NO6. The minimum absolute atomic E-state index is 0.0583. The summed E-state index contributed by atoms with van der Waals surface area (Å²) in [6, 6.07) is 12.9. The number of nitrogens with zero attached hydrogens (tertiary/aromatic N) is 1. The molecular weight excluding hydrogens is 422 g/mol. The van der Waals surface area contributed by atoms with Crippen molar-refractivity contribution in [2.24, 2.45) is 0 Å². The lowest BCUT2D eigenvalue weighted by molar-refractivity contribution is 0.0000466. The summed E-state index contributed by atoms with van der Waals surface area (Å²) in [5.74, 6) is 0.735. The molecule has 0 spiro atoms. The van der Waals surface area contributed by atoms with Crippen LogP contribution in [0.3, 0.4) is 0 Å². The Hall–Kier alpha value is -2.77. The molecule has 0 aliphatic heterocycles. The van der Waals surface area contributed by atoms with Gasteiger partial charge in [0.2, 0.25) is 5.75 Å². The molecule has 2 atom stereocenters. The molecule has 0 aliphatic rings. The van der Waals surface area contributed by atoms with E-state index in [9.17, 15) is 9.90 Å². The first-order valence-corrected chi connectivity index (χ1v) is 11.4. The zero-order valence-corrected chi connectivity index (χ0v) is 20.4. The lowest BCUT2D eigenvalue weighted by Gasteiger charge is -2.34. The first kappa shape index (κ1) is 26.5. The van der Waals surface area contributed by atoms with Gasteiger partial charge in [-0.3, -0.25) is 4.90 Å². The lowest BCUT2D eigenvalue weighted by Crippen LogP contribution is -2.40. The van der Waals surface area contributed by atoms with Crippen LogP contribution < -0.4 is 14.2 Å². The van der Waals surface area contributed by atoms with Gasteiger partial charge in [0.25, 0.3) is 0 Å². The van der Waals surface area contributed by atoms with E-state index in [0.29, 0.717) is 22.8 Å². The van der Waals surface area contributed by atoms with Crippen LogP contribution >= 0.6 is 0 Å². The van der Waals surface area contributed by atoms with E-state index in [0.717, 1.165) is 37.9 Å². The van der Waals surface area contributed by atoms with E-state index in [4.69, 9.17) is 18.9 Å². The molecule has 2 unspecified atom stereocenters.